The van der Waals surface area contributed by atoms with Crippen molar-refractivity contribution in [2.24, 2.45) is 5.92 Å². The highest BCUT2D eigenvalue weighted by atomic mass is 14.9. The SMILES string of the molecule is CC(C)(CNCCC1CCCNC1)c1ccccn1. The Morgan fingerprint density at radius 1 is 1.42 bits per heavy atom. The number of aromatic nitrogens is 1. The maximum Gasteiger partial charge on any atom is 0.0472 e. The van der Waals surface area contributed by atoms with Crippen LogP contribution >= 0.6 is 0 Å². The molecule has 0 aliphatic carbocycles. The largest absolute Gasteiger partial charge is 0.316 e. The zero-order valence-corrected chi connectivity index (χ0v) is 12.3. The number of nitrogens with zero attached hydrogens (tertiary/aromatic N) is 1. The van der Waals surface area contributed by atoms with Crippen molar-refractivity contribution in [3.63, 3.8) is 0 Å². The highest BCUT2D eigenvalue weighted by Gasteiger charge is 2.21. The third-order valence-electron chi connectivity index (χ3n) is 4.05. The van der Waals surface area contributed by atoms with Gasteiger partial charge in [-0.3, -0.25) is 4.98 Å². The average molecular weight is 261 g/mol. The molecule has 19 heavy (non-hydrogen) atoms. The van der Waals surface area contributed by atoms with Crippen molar-refractivity contribution in [1.82, 2.24) is 15.6 Å². The van der Waals surface area contributed by atoms with E-state index in [0.717, 1.165) is 19.0 Å². The van der Waals surface area contributed by atoms with Crippen LogP contribution in [0.25, 0.3) is 0 Å². The summed E-state index contributed by atoms with van der Waals surface area (Å²) in [4.78, 5) is 4.47. The molecule has 0 bridgehead atoms. The van der Waals surface area contributed by atoms with Gasteiger partial charge in [0.2, 0.25) is 0 Å². The van der Waals surface area contributed by atoms with Crippen LogP contribution in [0.2, 0.25) is 0 Å². The maximum absolute atomic E-state index is 4.47. The summed E-state index contributed by atoms with van der Waals surface area (Å²) in [5, 5.41) is 7.08. The molecule has 2 heterocycles. The number of hydrogen-bond donors (Lipinski definition) is 2. The summed E-state index contributed by atoms with van der Waals surface area (Å²) in [6.07, 6.45) is 5.89. The van der Waals surface area contributed by atoms with Crippen molar-refractivity contribution >= 4 is 0 Å². The number of rotatable bonds is 6. The minimum Gasteiger partial charge on any atom is -0.316 e. The molecule has 2 N–H and O–H groups in total. The van der Waals surface area contributed by atoms with Crippen molar-refractivity contribution in [2.45, 2.75) is 38.5 Å². The normalized spacial score (nSPS) is 20.4. The van der Waals surface area contributed by atoms with E-state index in [0.29, 0.717) is 0 Å². The van der Waals surface area contributed by atoms with E-state index >= 15 is 0 Å². The van der Waals surface area contributed by atoms with Crippen LogP contribution in [0.15, 0.2) is 24.4 Å². The fourth-order valence-electron chi connectivity index (χ4n) is 2.73. The number of hydrogen-bond acceptors (Lipinski definition) is 3. The molecule has 0 aromatic carbocycles. The van der Waals surface area contributed by atoms with Gasteiger partial charge in [0.1, 0.15) is 0 Å². The molecule has 106 valence electrons. The quantitative estimate of drug-likeness (QED) is 0.772. The lowest BCUT2D eigenvalue weighted by molar-refractivity contribution is 0.344. The van der Waals surface area contributed by atoms with Gasteiger partial charge >= 0.3 is 0 Å². The monoisotopic (exact) mass is 261 g/mol. The first-order chi connectivity index (χ1) is 9.18. The van der Waals surface area contributed by atoms with E-state index in [2.05, 4.69) is 41.6 Å². The number of piperidine rings is 1. The van der Waals surface area contributed by atoms with E-state index in [1.165, 1.54) is 38.0 Å². The van der Waals surface area contributed by atoms with Crippen molar-refractivity contribution in [3.05, 3.63) is 30.1 Å². The van der Waals surface area contributed by atoms with Crippen molar-refractivity contribution < 1.29 is 0 Å². The average Bonchev–Trinajstić information content (AvgIpc) is 2.46. The van der Waals surface area contributed by atoms with Gasteiger partial charge in [0, 0.05) is 23.9 Å². The first-order valence-electron chi connectivity index (χ1n) is 7.51. The topological polar surface area (TPSA) is 37.0 Å². The van der Waals surface area contributed by atoms with Crippen molar-refractivity contribution in [2.75, 3.05) is 26.2 Å². The fraction of sp³-hybridized carbons (Fsp3) is 0.688. The van der Waals surface area contributed by atoms with E-state index in [-0.39, 0.29) is 5.41 Å². The molecule has 1 aromatic rings. The minimum atomic E-state index is 0.103. The second kappa shape index (κ2) is 7.01. The van der Waals surface area contributed by atoms with E-state index < -0.39 is 0 Å². The van der Waals surface area contributed by atoms with Gasteiger partial charge in [0.15, 0.2) is 0 Å². The standard InChI is InChI=1S/C16H27N3/c1-16(2,15-7-3-4-10-19-15)13-18-11-8-14-6-5-9-17-12-14/h3-4,7,10,14,17-18H,5-6,8-9,11-13H2,1-2H3. The smallest absolute Gasteiger partial charge is 0.0472 e. The number of pyridine rings is 1. The Kier molecular flexibility index (Phi) is 5.34. The zero-order chi connectivity index (χ0) is 13.6. The predicted octanol–water partition coefficient (Wildman–Crippen LogP) is 2.34. The molecule has 2 rings (SSSR count). The molecule has 1 unspecified atom stereocenters. The molecule has 0 amide bonds. The molecule has 1 atom stereocenters. The highest BCUT2D eigenvalue weighted by Crippen LogP contribution is 2.19. The van der Waals surface area contributed by atoms with Crippen molar-refractivity contribution in [3.8, 4) is 0 Å². The summed E-state index contributed by atoms with van der Waals surface area (Å²) in [6, 6.07) is 6.16. The molecule has 0 saturated carbocycles. The van der Waals surface area contributed by atoms with Gasteiger partial charge in [-0.15, -0.1) is 0 Å². The van der Waals surface area contributed by atoms with Crippen LogP contribution in [-0.4, -0.2) is 31.2 Å². The summed E-state index contributed by atoms with van der Waals surface area (Å²) < 4.78 is 0. The molecule has 3 nitrogen and oxygen atoms in total. The lowest BCUT2D eigenvalue weighted by Crippen LogP contribution is -2.36. The fourth-order valence-corrected chi connectivity index (χ4v) is 2.73. The first kappa shape index (κ1) is 14.5. The highest BCUT2D eigenvalue weighted by molar-refractivity contribution is 5.14. The third kappa shape index (κ3) is 4.59. The third-order valence-corrected chi connectivity index (χ3v) is 4.05. The van der Waals surface area contributed by atoms with E-state index in [9.17, 15) is 0 Å². The minimum absolute atomic E-state index is 0.103. The molecule has 3 heteroatoms. The number of nitrogens with one attached hydrogen (secondary N) is 2. The molecule has 1 aliphatic rings. The van der Waals surface area contributed by atoms with Gasteiger partial charge in [-0.25, -0.2) is 0 Å². The van der Waals surface area contributed by atoms with E-state index in [4.69, 9.17) is 0 Å². The molecular weight excluding hydrogens is 234 g/mol. The summed E-state index contributed by atoms with van der Waals surface area (Å²) in [7, 11) is 0. The van der Waals surface area contributed by atoms with Gasteiger partial charge in [-0.05, 0) is 56.9 Å². The van der Waals surface area contributed by atoms with Crippen LogP contribution in [0.3, 0.4) is 0 Å². The zero-order valence-electron chi connectivity index (χ0n) is 12.3. The lowest BCUT2D eigenvalue weighted by atomic mass is 9.88. The van der Waals surface area contributed by atoms with E-state index in [1.807, 2.05) is 12.3 Å². The van der Waals surface area contributed by atoms with Crippen LogP contribution in [0.1, 0.15) is 38.8 Å². The molecular formula is C16H27N3. The first-order valence-corrected chi connectivity index (χ1v) is 7.51. The molecule has 1 saturated heterocycles. The van der Waals surface area contributed by atoms with Gasteiger partial charge in [-0.2, -0.15) is 0 Å². The second-order valence-corrected chi connectivity index (χ2v) is 6.28. The van der Waals surface area contributed by atoms with Crippen LogP contribution in [0.4, 0.5) is 0 Å². The molecule has 1 fully saturated rings. The Morgan fingerprint density at radius 2 is 2.32 bits per heavy atom. The lowest BCUT2D eigenvalue weighted by Gasteiger charge is -2.26. The summed E-state index contributed by atoms with van der Waals surface area (Å²) in [5.74, 6) is 0.860. The second-order valence-electron chi connectivity index (χ2n) is 6.28. The molecule has 0 radical (unpaired) electrons. The Labute approximate surface area is 117 Å². The Balaban J connectivity index is 1.69. The van der Waals surface area contributed by atoms with Crippen LogP contribution in [0.5, 0.6) is 0 Å². The maximum atomic E-state index is 4.47. The van der Waals surface area contributed by atoms with Gasteiger partial charge in [0.25, 0.3) is 0 Å². The van der Waals surface area contributed by atoms with Crippen molar-refractivity contribution in [1.29, 1.82) is 0 Å². The Hall–Kier alpha value is -0.930. The molecule has 0 spiro atoms. The molecule has 1 aromatic heterocycles. The van der Waals surface area contributed by atoms with E-state index in [1.54, 1.807) is 0 Å². The van der Waals surface area contributed by atoms with Crippen LogP contribution in [0, 0.1) is 5.92 Å². The molecule has 1 aliphatic heterocycles. The van der Waals surface area contributed by atoms with Gasteiger partial charge < -0.3 is 10.6 Å². The van der Waals surface area contributed by atoms with Gasteiger partial charge in [-0.1, -0.05) is 19.9 Å². The van der Waals surface area contributed by atoms with Crippen LogP contribution in [-0.2, 0) is 5.41 Å². The summed E-state index contributed by atoms with van der Waals surface area (Å²) in [5.41, 5.74) is 1.27. The van der Waals surface area contributed by atoms with Crippen LogP contribution < -0.4 is 10.6 Å². The summed E-state index contributed by atoms with van der Waals surface area (Å²) >= 11 is 0. The predicted molar refractivity (Wildman–Crippen MR) is 80.3 cm³/mol. The Bertz CT molecular complexity index is 356. The Morgan fingerprint density at radius 3 is 3.00 bits per heavy atom. The van der Waals surface area contributed by atoms with Gasteiger partial charge in [0.05, 0.1) is 0 Å². The summed E-state index contributed by atoms with van der Waals surface area (Å²) in [6.45, 7) is 9.02.